The second kappa shape index (κ2) is 6.69. The lowest BCUT2D eigenvalue weighted by Gasteiger charge is -2.26. The maximum Gasteiger partial charge on any atom is 0.165 e. The first-order valence-electron chi connectivity index (χ1n) is 6.95. The summed E-state index contributed by atoms with van der Waals surface area (Å²) in [6, 6.07) is 9.46. The molecule has 1 aliphatic carbocycles. The molecular weight excluding hydrogens is 224 g/mol. The molecule has 0 saturated heterocycles. The maximum atomic E-state index is 11.9. The van der Waals surface area contributed by atoms with Gasteiger partial charge in [0.15, 0.2) is 5.78 Å². The molecule has 0 aromatic heterocycles. The van der Waals surface area contributed by atoms with Gasteiger partial charge in [0, 0.05) is 12.0 Å². The first-order valence-corrected chi connectivity index (χ1v) is 6.95. The molecule has 0 spiro atoms. The first-order chi connectivity index (χ1) is 8.75. The van der Waals surface area contributed by atoms with E-state index in [4.69, 9.17) is 4.74 Å². The summed E-state index contributed by atoms with van der Waals surface area (Å²) in [4.78, 5) is 11.9. The van der Waals surface area contributed by atoms with Gasteiger partial charge < -0.3 is 4.74 Å². The van der Waals surface area contributed by atoms with E-state index in [2.05, 4.69) is 6.92 Å². The average Bonchev–Trinajstić information content (AvgIpc) is 2.42. The molecule has 2 nitrogen and oxygen atoms in total. The van der Waals surface area contributed by atoms with Gasteiger partial charge in [0.2, 0.25) is 0 Å². The van der Waals surface area contributed by atoms with Crippen LogP contribution in [0.2, 0.25) is 0 Å². The van der Waals surface area contributed by atoms with E-state index in [9.17, 15) is 4.79 Å². The van der Waals surface area contributed by atoms with Crippen LogP contribution in [0.25, 0.3) is 0 Å². The molecule has 2 heteroatoms. The molecule has 1 saturated carbocycles. The Kier molecular flexibility index (Phi) is 4.94. The van der Waals surface area contributed by atoms with Crippen LogP contribution in [0.3, 0.4) is 0 Å². The minimum absolute atomic E-state index is 0.180. The second-order valence-corrected chi connectivity index (χ2v) is 5.29. The molecule has 1 aliphatic rings. The Hall–Kier alpha value is -1.15. The predicted octanol–water partition coefficient (Wildman–Crippen LogP) is 3.85. The minimum Gasteiger partial charge on any atom is -0.378 e. The van der Waals surface area contributed by atoms with Gasteiger partial charge in [-0.25, -0.2) is 0 Å². The number of ether oxygens (including phenoxy) is 1. The summed E-state index contributed by atoms with van der Waals surface area (Å²) in [5, 5.41) is 0. The van der Waals surface area contributed by atoms with E-state index in [0.717, 1.165) is 24.3 Å². The van der Waals surface area contributed by atoms with E-state index >= 15 is 0 Å². The molecule has 0 amide bonds. The molecular formula is C16H22O2. The fourth-order valence-electron chi connectivity index (χ4n) is 2.48. The summed E-state index contributed by atoms with van der Waals surface area (Å²) in [5.41, 5.74) is 0.790. The zero-order chi connectivity index (χ0) is 12.8. The third-order valence-electron chi connectivity index (χ3n) is 3.74. The van der Waals surface area contributed by atoms with Crippen molar-refractivity contribution >= 4 is 5.78 Å². The molecule has 98 valence electrons. The van der Waals surface area contributed by atoms with Crippen molar-refractivity contribution in [3.8, 4) is 0 Å². The minimum atomic E-state index is 0.180. The van der Waals surface area contributed by atoms with Crippen LogP contribution < -0.4 is 0 Å². The summed E-state index contributed by atoms with van der Waals surface area (Å²) in [6.45, 7) is 2.86. The van der Waals surface area contributed by atoms with Gasteiger partial charge >= 0.3 is 0 Å². The average molecular weight is 246 g/mol. The van der Waals surface area contributed by atoms with Crippen molar-refractivity contribution in [2.24, 2.45) is 5.92 Å². The number of benzene rings is 1. The molecule has 0 unspecified atom stereocenters. The lowest BCUT2D eigenvalue weighted by Crippen LogP contribution is -2.21. The fraction of sp³-hybridized carbons (Fsp3) is 0.562. The van der Waals surface area contributed by atoms with Crippen LogP contribution in [0.4, 0.5) is 0 Å². The SMILES string of the molecule is CC1CCC(OCCC(=O)c2ccccc2)CC1. The molecule has 2 rings (SSSR count). The summed E-state index contributed by atoms with van der Waals surface area (Å²) in [7, 11) is 0. The van der Waals surface area contributed by atoms with Crippen LogP contribution in [0.1, 0.15) is 49.4 Å². The highest BCUT2D eigenvalue weighted by Crippen LogP contribution is 2.25. The third kappa shape index (κ3) is 3.95. The van der Waals surface area contributed by atoms with Crippen LogP contribution in [0, 0.1) is 5.92 Å². The third-order valence-corrected chi connectivity index (χ3v) is 3.74. The first kappa shape index (κ1) is 13.3. The highest BCUT2D eigenvalue weighted by atomic mass is 16.5. The lowest BCUT2D eigenvalue weighted by molar-refractivity contribution is 0.0192. The van der Waals surface area contributed by atoms with E-state index in [1.165, 1.54) is 12.8 Å². The number of rotatable bonds is 5. The zero-order valence-electron chi connectivity index (χ0n) is 11.1. The van der Waals surface area contributed by atoms with E-state index in [1.54, 1.807) is 0 Å². The van der Waals surface area contributed by atoms with Crippen LogP contribution in [0.5, 0.6) is 0 Å². The van der Waals surface area contributed by atoms with E-state index in [-0.39, 0.29) is 5.78 Å². The number of ketones is 1. The van der Waals surface area contributed by atoms with Crippen molar-refractivity contribution in [1.82, 2.24) is 0 Å². The highest BCUT2D eigenvalue weighted by Gasteiger charge is 2.18. The van der Waals surface area contributed by atoms with Crippen molar-refractivity contribution < 1.29 is 9.53 Å². The molecule has 0 atom stereocenters. The van der Waals surface area contributed by atoms with Gasteiger partial charge in [-0.2, -0.15) is 0 Å². The number of Topliss-reactive ketones (excluding diaryl/α,β-unsaturated/α-hetero) is 1. The van der Waals surface area contributed by atoms with Crippen LogP contribution >= 0.6 is 0 Å². The summed E-state index contributed by atoms with van der Waals surface area (Å²) < 4.78 is 5.80. The predicted molar refractivity (Wildman–Crippen MR) is 72.8 cm³/mol. The van der Waals surface area contributed by atoms with Crippen molar-refractivity contribution in [3.63, 3.8) is 0 Å². The number of hydrogen-bond acceptors (Lipinski definition) is 2. The quantitative estimate of drug-likeness (QED) is 0.737. The Morgan fingerprint density at radius 3 is 2.50 bits per heavy atom. The Bertz CT molecular complexity index is 364. The molecule has 0 N–H and O–H groups in total. The topological polar surface area (TPSA) is 26.3 Å². The van der Waals surface area contributed by atoms with Crippen molar-refractivity contribution in [2.75, 3.05) is 6.61 Å². The summed E-state index contributed by atoms with van der Waals surface area (Å²) in [5.74, 6) is 1.02. The van der Waals surface area contributed by atoms with Gasteiger partial charge in [-0.05, 0) is 31.6 Å². The molecule has 0 bridgehead atoms. The van der Waals surface area contributed by atoms with Crippen LogP contribution in [-0.2, 0) is 4.74 Å². The molecule has 1 fully saturated rings. The van der Waals surface area contributed by atoms with E-state index in [0.29, 0.717) is 19.1 Å². The molecule has 1 aromatic rings. The zero-order valence-corrected chi connectivity index (χ0v) is 11.1. The monoisotopic (exact) mass is 246 g/mol. The standard InChI is InChI=1S/C16H22O2/c1-13-7-9-15(10-8-13)18-12-11-16(17)14-5-3-2-4-6-14/h2-6,13,15H,7-12H2,1H3. The van der Waals surface area contributed by atoms with Crippen LogP contribution in [0.15, 0.2) is 30.3 Å². The highest BCUT2D eigenvalue weighted by molar-refractivity contribution is 5.96. The number of carbonyl (C=O) groups is 1. The van der Waals surface area contributed by atoms with Gasteiger partial charge in [-0.1, -0.05) is 37.3 Å². The van der Waals surface area contributed by atoms with E-state index < -0.39 is 0 Å². The lowest BCUT2D eigenvalue weighted by atomic mass is 9.89. The summed E-state index contributed by atoms with van der Waals surface area (Å²) in [6.07, 6.45) is 5.70. The normalized spacial score (nSPS) is 23.8. The van der Waals surface area contributed by atoms with E-state index in [1.807, 2.05) is 30.3 Å². The van der Waals surface area contributed by atoms with Gasteiger partial charge in [0.1, 0.15) is 0 Å². The Morgan fingerprint density at radius 1 is 1.17 bits per heavy atom. The molecule has 0 aliphatic heterocycles. The molecule has 0 heterocycles. The van der Waals surface area contributed by atoms with Crippen molar-refractivity contribution in [3.05, 3.63) is 35.9 Å². The summed E-state index contributed by atoms with van der Waals surface area (Å²) >= 11 is 0. The largest absolute Gasteiger partial charge is 0.378 e. The van der Waals surface area contributed by atoms with Crippen molar-refractivity contribution in [1.29, 1.82) is 0 Å². The Balaban J connectivity index is 1.68. The van der Waals surface area contributed by atoms with Gasteiger partial charge in [-0.15, -0.1) is 0 Å². The Morgan fingerprint density at radius 2 is 1.83 bits per heavy atom. The Labute approximate surface area is 109 Å². The van der Waals surface area contributed by atoms with Gasteiger partial charge in [-0.3, -0.25) is 4.79 Å². The molecule has 1 aromatic carbocycles. The number of carbonyl (C=O) groups excluding carboxylic acids is 1. The van der Waals surface area contributed by atoms with Gasteiger partial charge in [0.25, 0.3) is 0 Å². The number of hydrogen-bond donors (Lipinski definition) is 0. The van der Waals surface area contributed by atoms with Gasteiger partial charge in [0.05, 0.1) is 12.7 Å². The van der Waals surface area contributed by atoms with Crippen LogP contribution in [-0.4, -0.2) is 18.5 Å². The van der Waals surface area contributed by atoms with Crippen molar-refractivity contribution in [2.45, 2.75) is 45.1 Å². The second-order valence-electron chi connectivity index (χ2n) is 5.29. The molecule has 18 heavy (non-hydrogen) atoms. The smallest absolute Gasteiger partial charge is 0.165 e. The molecule has 0 radical (unpaired) electrons. The maximum absolute atomic E-state index is 11.9. The fourth-order valence-corrected chi connectivity index (χ4v) is 2.48.